The molecule has 2 amide bonds. The summed E-state index contributed by atoms with van der Waals surface area (Å²) in [7, 11) is 0. The van der Waals surface area contributed by atoms with Crippen molar-refractivity contribution in [2.45, 2.75) is 19.8 Å². The summed E-state index contributed by atoms with van der Waals surface area (Å²) in [4.78, 5) is 37.2. The Labute approximate surface area is 169 Å². The number of rotatable bonds is 7. The molecule has 148 valence electrons. The molecule has 1 heterocycles. The van der Waals surface area contributed by atoms with E-state index < -0.39 is 0 Å². The first-order valence-corrected chi connectivity index (χ1v) is 9.57. The number of aromatic nitrogens is 1. The summed E-state index contributed by atoms with van der Waals surface area (Å²) in [5.41, 5.74) is 1.50. The van der Waals surface area contributed by atoms with Crippen molar-refractivity contribution in [3.63, 3.8) is 0 Å². The maximum Gasteiger partial charge on any atom is 0.267 e. The summed E-state index contributed by atoms with van der Waals surface area (Å²) in [6.07, 6.45) is 3.44. The van der Waals surface area contributed by atoms with Crippen molar-refractivity contribution >= 4 is 17.5 Å². The van der Waals surface area contributed by atoms with Crippen molar-refractivity contribution < 1.29 is 9.59 Å². The van der Waals surface area contributed by atoms with Gasteiger partial charge in [0, 0.05) is 29.7 Å². The number of amides is 2. The fourth-order valence-corrected chi connectivity index (χ4v) is 2.84. The number of unbranched alkanes of at least 4 members (excludes halogenated alkanes) is 1. The molecule has 0 aliphatic rings. The van der Waals surface area contributed by atoms with Gasteiger partial charge in [-0.15, -0.1) is 0 Å². The Hall–Kier alpha value is -3.67. The Morgan fingerprint density at radius 1 is 0.897 bits per heavy atom. The van der Waals surface area contributed by atoms with E-state index in [1.807, 2.05) is 13.0 Å². The predicted octanol–water partition coefficient (Wildman–Crippen LogP) is 3.62. The van der Waals surface area contributed by atoms with Gasteiger partial charge in [-0.2, -0.15) is 0 Å². The van der Waals surface area contributed by atoms with E-state index in [9.17, 15) is 14.4 Å². The Bertz CT molecular complexity index is 1040. The summed E-state index contributed by atoms with van der Waals surface area (Å²) in [6, 6.07) is 19.0. The molecule has 0 aliphatic carbocycles. The molecule has 3 rings (SSSR count). The summed E-state index contributed by atoms with van der Waals surface area (Å²) >= 11 is 0. The van der Waals surface area contributed by atoms with Gasteiger partial charge >= 0.3 is 0 Å². The van der Waals surface area contributed by atoms with Gasteiger partial charge in [0.15, 0.2) is 0 Å². The van der Waals surface area contributed by atoms with E-state index >= 15 is 0 Å². The molecule has 0 saturated heterocycles. The third kappa shape index (κ3) is 4.99. The lowest BCUT2D eigenvalue weighted by Crippen LogP contribution is -2.32. The van der Waals surface area contributed by atoms with Crippen molar-refractivity contribution in [1.29, 1.82) is 0 Å². The van der Waals surface area contributed by atoms with Crippen molar-refractivity contribution in [1.82, 2.24) is 9.88 Å². The number of carbonyl (C=O) groups is 2. The quantitative estimate of drug-likeness (QED) is 0.606. The molecule has 0 spiro atoms. The fraction of sp³-hybridized carbons (Fsp3) is 0.174. The number of carbonyl (C=O) groups excluding carboxylic acids is 2. The Kier molecular flexibility index (Phi) is 6.58. The SMILES string of the molecule is CCCCNC(=O)c1cccn(-c2ccc(NC(=O)c3ccccc3)cc2)c1=O. The molecule has 2 N–H and O–H groups in total. The van der Waals surface area contributed by atoms with Crippen molar-refractivity contribution in [2.24, 2.45) is 0 Å². The molecule has 0 radical (unpaired) electrons. The van der Waals surface area contributed by atoms with Crippen molar-refractivity contribution in [3.8, 4) is 5.69 Å². The Balaban J connectivity index is 1.76. The van der Waals surface area contributed by atoms with Crippen LogP contribution in [0.3, 0.4) is 0 Å². The molecule has 0 unspecified atom stereocenters. The minimum absolute atomic E-state index is 0.102. The molecule has 0 atom stereocenters. The Morgan fingerprint density at radius 2 is 1.62 bits per heavy atom. The van der Waals surface area contributed by atoms with Gasteiger partial charge < -0.3 is 10.6 Å². The summed E-state index contributed by atoms with van der Waals surface area (Å²) in [6.45, 7) is 2.58. The van der Waals surface area contributed by atoms with Crippen LogP contribution in [0, 0.1) is 0 Å². The lowest BCUT2D eigenvalue weighted by atomic mass is 10.2. The summed E-state index contributed by atoms with van der Waals surface area (Å²) in [5, 5.41) is 5.59. The van der Waals surface area contributed by atoms with Crippen LogP contribution in [-0.2, 0) is 0 Å². The van der Waals surface area contributed by atoms with E-state index in [1.54, 1.807) is 60.8 Å². The second-order valence-corrected chi connectivity index (χ2v) is 6.57. The van der Waals surface area contributed by atoms with Gasteiger partial charge in [0.1, 0.15) is 5.56 Å². The minimum atomic E-state index is -0.387. The maximum absolute atomic E-state index is 12.7. The lowest BCUT2D eigenvalue weighted by molar-refractivity contribution is 0.0950. The maximum atomic E-state index is 12.7. The average Bonchev–Trinajstić information content (AvgIpc) is 2.75. The zero-order valence-corrected chi connectivity index (χ0v) is 16.2. The van der Waals surface area contributed by atoms with Gasteiger partial charge in [0.05, 0.1) is 0 Å². The van der Waals surface area contributed by atoms with Gasteiger partial charge in [0.2, 0.25) is 0 Å². The highest BCUT2D eigenvalue weighted by atomic mass is 16.2. The van der Waals surface area contributed by atoms with E-state index in [0.717, 1.165) is 12.8 Å². The molecule has 3 aromatic rings. The number of hydrogen-bond donors (Lipinski definition) is 2. The number of nitrogens with zero attached hydrogens (tertiary/aromatic N) is 1. The van der Waals surface area contributed by atoms with Crippen LogP contribution < -0.4 is 16.2 Å². The number of pyridine rings is 1. The molecule has 6 heteroatoms. The first-order chi connectivity index (χ1) is 14.1. The normalized spacial score (nSPS) is 10.4. The standard InChI is InChI=1S/C23H23N3O3/c1-2-3-15-24-22(28)20-10-7-16-26(23(20)29)19-13-11-18(12-14-19)25-21(27)17-8-5-4-6-9-17/h4-14,16H,2-3,15H2,1H3,(H,24,28)(H,25,27). The summed E-state index contributed by atoms with van der Waals surface area (Å²) in [5.74, 6) is -0.578. The zero-order chi connectivity index (χ0) is 20.6. The number of anilines is 1. The number of nitrogens with one attached hydrogen (secondary N) is 2. The highest BCUT2D eigenvalue weighted by molar-refractivity contribution is 6.04. The third-order valence-corrected chi connectivity index (χ3v) is 4.45. The van der Waals surface area contributed by atoms with E-state index in [-0.39, 0.29) is 22.9 Å². The molecule has 0 aliphatic heterocycles. The van der Waals surface area contributed by atoms with Crippen LogP contribution in [0.4, 0.5) is 5.69 Å². The highest BCUT2D eigenvalue weighted by Gasteiger charge is 2.12. The van der Waals surface area contributed by atoms with Crippen LogP contribution >= 0.6 is 0 Å². The molecule has 0 saturated carbocycles. The van der Waals surface area contributed by atoms with Crippen LogP contribution in [0.15, 0.2) is 77.7 Å². The molecular weight excluding hydrogens is 366 g/mol. The second-order valence-electron chi connectivity index (χ2n) is 6.57. The fourth-order valence-electron chi connectivity index (χ4n) is 2.84. The molecular formula is C23H23N3O3. The lowest BCUT2D eigenvalue weighted by Gasteiger charge is -2.10. The van der Waals surface area contributed by atoms with E-state index in [1.165, 1.54) is 10.6 Å². The average molecular weight is 389 g/mol. The van der Waals surface area contributed by atoms with E-state index in [2.05, 4.69) is 10.6 Å². The van der Waals surface area contributed by atoms with Gasteiger partial charge in [-0.25, -0.2) is 0 Å². The molecule has 1 aromatic heterocycles. The molecule has 2 aromatic carbocycles. The monoisotopic (exact) mass is 389 g/mol. The van der Waals surface area contributed by atoms with E-state index in [4.69, 9.17) is 0 Å². The molecule has 0 bridgehead atoms. The van der Waals surface area contributed by atoms with Crippen LogP contribution in [0.5, 0.6) is 0 Å². The van der Waals surface area contributed by atoms with Crippen LogP contribution in [0.1, 0.15) is 40.5 Å². The molecule has 6 nitrogen and oxygen atoms in total. The van der Waals surface area contributed by atoms with Gasteiger partial charge in [-0.1, -0.05) is 31.5 Å². The zero-order valence-electron chi connectivity index (χ0n) is 16.2. The minimum Gasteiger partial charge on any atom is -0.352 e. The van der Waals surface area contributed by atoms with Gasteiger partial charge in [0.25, 0.3) is 17.4 Å². The van der Waals surface area contributed by atoms with Crippen LogP contribution in [-0.4, -0.2) is 22.9 Å². The largest absolute Gasteiger partial charge is 0.352 e. The number of hydrogen-bond acceptors (Lipinski definition) is 3. The van der Waals surface area contributed by atoms with Crippen LogP contribution in [0.2, 0.25) is 0 Å². The summed E-state index contributed by atoms with van der Waals surface area (Å²) < 4.78 is 1.41. The highest BCUT2D eigenvalue weighted by Crippen LogP contribution is 2.14. The number of benzene rings is 2. The predicted molar refractivity (Wildman–Crippen MR) is 114 cm³/mol. The van der Waals surface area contributed by atoms with Crippen molar-refractivity contribution in [2.75, 3.05) is 11.9 Å². The second kappa shape index (κ2) is 9.50. The molecule has 29 heavy (non-hydrogen) atoms. The van der Waals surface area contributed by atoms with Crippen LogP contribution in [0.25, 0.3) is 5.69 Å². The molecule has 0 fully saturated rings. The topological polar surface area (TPSA) is 80.2 Å². The van der Waals surface area contributed by atoms with Gasteiger partial charge in [-0.3, -0.25) is 19.0 Å². The first kappa shape index (κ1) is 20.1. The Morgan fingerprint density at radius 3 is 2.31 bits per heavy atom. The van der Waals surface area contributed by atoms with Gasteiger partial charge in [-0.05, 0) is 55.0 Å². The van der Waals surface area contributed by atoms with Crippen molar-refractivity contribution in [3.05, 3.63) is 94.4 Å². The van der Waals surface area contributed by atoms with E-state index in [0.29, 0.717) is 23.5 Å². The third-order valence-electron chi connectivity index (χ3n) is 4.45. The smallest absolute Gasteiger partial charge is 0.267 e. The first-order valence-electron chi connectivity index (χ1n) is 9.57.